The molecule has 0 aliphatic heterocycles. The molecule has 5 heteroatoms. The Morgan fingerprint density at radius 3 is 2.50 bits per heavy atom. The Morgan fingerprint density at radius 2 is 1.85 bits per heavy atom. The molecule has 0 radical (unpaired) electrons. The highest BCUT2D eigenvalue weighted by molar-refractivity contribution is 6.35. The number of nitriles is 1. The van der Waals surface area contributed by atoms with Crippen LogP contribution in [0.25, 0.3) is 0 Å². The minimum absolute atomic E-state index is 0.187. The van der Waals surface area contributed by atoms with Crippen molar-refractivity contribution in [1.82, 2.24) is 10.6 Å². The fourth-order valence-corrected chi connectivity index (χ4v) is 1.59. The van der Waals surface area contributed by atoms with Gasteiger partial charge in [-0.1, -0.05) is 30.3 Å². The molecule has 1 aromatic carbocycles. The van der Waals surface area contributed by atoms with E-state index in [1.54, 1.807) is 6.92 Å². The second kappa shape index (κ2) is 8.70. The molecule has 0 saturated heterocycles. The maximum absolute atomic E-state index is 11.4. The number of hydrogen-bond acceptors (Lipinski definition) is 3. The molecule has 1 aromatic rings. The Morgan fingerprint density at radius 1 is 1.20 bits per heavy atom. The number of nitrogens with zero attached hydrogens (tertiary/aromatic N) is 1. The summed E-state index contributed by atoms with van der Waals surface area (Å²) in [7, 11) is 0. The zero-order chi connectivity index (χ0) is 14.8. The molecule has 5 nitrogen and oxygen atoms in total. The first-order chi connectivity index (χ1) is 9.63. The van der Waals surface area contributed by atoms with E-state index in [-0.39, 0.29) is 12.5 Å². The van der Waals surface area contributed by atoms with Crippen LogP contribution in [0.2, 0.25) is 0 Å². The van der Waals surface area contributed by atoms with Gasteiger partial charge in [0.15, 0.2) is 0 Å². The summed E-state index contributed by atoms with van der Waals surface area (Å²) in [4.78, 5) is 22.8. The van der Waals surface area contributed by atoms with Crippen molar-refractivity contribution in [2.45, 2.75) is 19.8 Å². The molecule has 1 atom stereocenters. The number of carbonyl (C=O) groups excluding carboxylic acids is 2. The van der Waals surface area contributed by atoms with Crippen LogP contribution < -0.4 is 10.6 Å². The highest BCUT2D eigenvalue weighted by atomic mass is 16.2. The van der Waals surface area contributed by atoms with Crippen molar-refractivity contribution < 1.29 is 9.59 Å². The van der Waals surface area contributed by atoms with Gasteiger partial charge in [-0.3, -0.25) is 9.59 Å². The smallest absolute Gasteiger partial charge is 0.309 e. The van der Waals surface area contributed by atoms with Crippen molar-refractivity contribution in [3.63, 3.8) is 0 Å². The van der Waals surface area contributed by atoms with Crippen LogP contribution in [0.5, 0.6) is 0 Å². The van der Waals surface area contributed by atoms with E-state index >= 15 is 0 Å². The van der Waals surface area contributed by atoms with Gasteiger partial charge in [0.25, 0.3) is 0 Å². The number of rotatable bonds is 6. The normalized spacial score (nSPS) is 11.2. The molecule has 0 bridgehead atoms. The van der Waals surface area contributed by atoms with Gasteiger partial charge in [0.1, 0.15) is 0 Å². The molecule has 0 aliphatic carbocycles. The Bertz CT molecular complexity index is 480. The second-order valence-corrected chi connectivity index (χ2v) is 4.59. The summed E-state index contributed by atoms with van der Waals surface area (Å²) in [6, 6.07) is 11.9. The quantitative estimate of drug-likeness (QED) is 0.599. The van der Waals surface area contributed by atoms with Crippen molar-refractivity contribution >= 4 is 11.8 Å². The summed E-state index contributed by atoms with van der Waals surface area (Å²) in [6.07, 6.45) is 1.63. The molecule has 0 fully saturated rings. The summed E-state index contributed by atoms with van der Waals surface area (Å²) in [6.45, 7) is 2.32. The Balaban J connectivity index is 2.17. The lowest BCUT2D eigenvalue weighted by Crippen LogP contribution is -2.41. The summed E-state index contributed by atoms with van der Waals surface area (Å²) in [5.74, 6) is -1.64. The summed E-state index contributed by atoms with van der Waals surface area (Å²) < 4.78 is 0. The largest absolute Gasteiger partial charge is 0.348 e. The minimum Gasteiger partial charge on any atom is -0.348 e. The van der Waals surface area contributed by atoms with Gasteiger partial charge in [-0.2, -0.15) is 5.26 Å². The molecule has 0 unspecified atom stereocenters. The zero-order valence-corrected chi connectivity index (χ0v) is 11.6. The van der Waals surface area contributed by atoms with Gasteiger partial charge in [-0.15, -0.1) is 0 Å². The molecule has 1 rings (SSSR count). The molecular weight excluding hydrogens is 254 g/mol. The number of hydrogen-bond donors (Lipinski definition) is 2. The average molecular weight is 273 g/mol. The number of benzene rings is 1. The predicted molar refractivity (Wildman–Crippen MR) is 75.6 cm³/mol. The summed E-state index contributed by atoms with van der Waals surface area (Å²) in [5.41, 5.74) is 1.20. The summed E-state index contributed by atoms with van der Waals surface area (Å²) >= 11 is 0. The minimum atomic E-state index is -0.688. The van der Waals surface area contributed by atoms with E-state index in [0.29, 0.717) is 6.54 Å². The lowest BCUT2D eigenvalue weighted by molar-refractivity contribution is -0.139. The molecule has 20 heavy (non-hydrogen) atoms. The fraction of sp³-hybridized carbons (Fsp3) is 0.400. The molecule has 0 heterocycles. The molecule has 0 spiro atoms. The molecular formula is C15H19N3O2. The predicted octanol–water partition coefficient (Wildman–Crippen LogP) is 1.01. The fourth-order valence-electron chi connectivity index (χ4n) is 1.59. The van der Waals surface area contributed by atoms with Gasteiger partial charge in [0.2, 0.25) is 0 Å². The van der Waals surface area contributed by atoms with E-state index in [9.17, 15) is 9.59 Å². The Hall–Kier alpha value is -2.35. The highest BCUT2D eigenvalue weighted by Gasteiger charge is 2.13. The molecule has 2 N–H and O–H groups in total. The van der Waals surface area contributed by atoms with Crippen LogP contribution >= 0.6 is 0 Å². The monoisotopic (exact) mass is 273 g/mol. The SMILES string of the molecule is C[C@H](C#N)CNC(=O)C(=O)NCCCc1ccccc1. The lowest BCUT2D eigenvalue weighted by atomic mass is 10.1. The van der Waals surface area contributed by atoms with Crippen LogP contribution in [-0.4, -0.2) is 24.9 Å². The second-order valence-electron chi connectivity index (χ2n) is 4.59. The van der Waals surface area contributed by atoms with Gasteiger partial charge >= 0.3 is 11.8 Å². The van der Waals surface area contributed by atoms with E-state index in [1.807, 2.05) is 36.4 Å². The number of nitrogens with one attached hydrogen (secondary N) is 2. The van der Waals surface area contributed by atoms with Gasteiger partial charge in [0.05, 0.1) is 12.0 Å². The van der Waals surface area contributed by atoms with E-state index in [4.69, 9.17) is 5.26 Å². The molecule has 0 aliphatic rings. The summed E-state index contributed by atoms with van der Waals surface area (Å²) in [5, 5.41) is 13.5. The maximum Gasteiger partial charge on any atom is 0.309 e. The average Bonchev–Trinajstić information content (AvgIpc) is 2.49. The van der Waals surface area contributed by atoms with Crippen molar-refractivity contribution in [3.05, 3.63) is 35.9 Å². The van der Waals surface area contributed by atoms with Crippen molar-refractivity contribution in [2.75, 3.05) is 13.1 Å². The molecule has 106 valence electrons. The first kappa shape index (κ1) is 15.7. The maximum atomic E-state index is 11.4. The van der Waals surface area contributed by atoms with Crippen LogP contribution in [-0.2, 0) is 16.0 Å². The van der Waals surface area contributed by atoms with E-state index in [2.05, 4.69) is 10.6 Å². The third-order valence-corrected chi connectivity index (χ3v) is 2.77. The molecule has 2 amide bonds. The first-order valence-corrected chi connectivity index (χ1v) is 6.63. The van der Waals surface area contributed by atoms with Crippen molar-refractivity contribution in [1.29, 1.82) is 5.26 Å². The third-order valence-electron chi connectivity index (χ3n) is 2.77. The number of amides is 2. The third kappa shape index (κ3) is 6.01. The van der Waals surface area contributed by atoms with Crippen LogP contribution in [0.4, 0.5) is 0 Å². The van der Waals surface area contributed by atoms with E-state index in [1.165, 1.54) is 5.56 Å². The Kier molecular flexibility index (Phi) is 6.83. The first-order valence-electron chi connectivity index (χ1n) is 6.63. The van der Waals surface area contributed by atoms with Crippen molar-refractivity contribution in [3.8, 4) is 6.07 Å². The van der Waals surface area contributed by atoms with Crippen LogP contribution in [0.15, 0.2) is 30.3 Å². The number of aryl methyl sites for hydroxylation is 1. The molecule has 0 aromatic heterocycles. The van der Waals surface area contributed by atoms with Gasteiger partial charge in [0, 0.05) is 13.1 Å². The van der Waals surface area contributed by atoms with Gasteiger partial charge in [-0.05, 0) is 25.3 Å². The topological polar surface area (TPSA) is 82.0 Å². The van der Waals surface area contributed by atoms with E-state index < -0.39 is 11.8 Å². The van der Waals surface area contributed by atoms with Gasteiger partial charge in [-0.25, -0.2) is 0 Å². The Labute approximate surface area is 119 Å². The lowest BCUT2D eigenvalue weighted by Gasteiger charge is -2.07. The van der Waals surface area contributed by atoms with Gasteiger partial charge < -0.3 is 10.6 Å². The van der Waals surface area contributed by atoms with Crippen LogP contribution in [0.1, 0.15) is 18.9 Å². The van der Waals surface area contributed by atoms with Crippen LogP contribution in [0, 0.1) is 17.2 Å². The van der Waals surface area contributed by atoms with Crippen molar-refractivity contribution in [2.24, 2.45) is 5.92 Å². The number of carbonyl (C=O) groups is 2. The van der Waals surface area contributed by atoms with Crippen LogP contribution in [0.3, 0.4) is 0 Å². The van der Waals surface area contributed by atoms with E-state index in [0.717, 1.165) is 12.8 Å². The highest BCUT2D eigenvalue weighted by Crippen LogP contribution is 2.01. The molecule has 0 saturated carbocycles. The zero-order valence-electron chi connectivity index (χ0n) is 11.6. The standard InChI is InChI=1S/C15H19N3O2/c1-12(10-16)11-18-15(20)14(19)17-9-5-8-13-6-3-2-4-7-13/h2-4,6-7,12H,5,8-9,11H2,1H3,(H,17,19)(H,18,20)/t12-/m1/s1.